The van der Waals surface area contributed by atoms with Gasteiger partial charge >= 0.3 is 0 Å². The number of aliphatic hydroxyl groups is 1. The number of halogens is 1. The van der Waals surface area contributed by atoms with Gasteiger partial charge in [-0.3, -0.25) is 10.1 Å². The van der Waals surface area contributed by atoms with Crippen molar-refractivity contribution >= 4 is 34.6 Å². The van der Waals surface area contributed by atoms with Gasteiger partial charge in [-0.2, -0.15) is 4.98 Å². The zero-order valence-corrected chi connectivity index (χ0v) is 24.1. The van der Waals surface area contributed by atoms with Gasteiger partial charge in [0.05, 0.1) is 23.3 Å². The average molecular weight is 579 g/mol. The second-order valence-corrected chi connectivity index (χ2v) is 12.0. The van der Waals surface area contributed by atoms with E-state index in [1.807, 2.05) is 0 Å². The molecule has 0 bridgehead atoms. The van der Waals surface area contributed by atoms with Crippen molar-refractivity contribution in [1.82, 2.24) is 19.9 Å². The monoisotopic (exact) mass is 578 g/mol. The van der Waals surface area contributed by atoms with Crippen LogP contribution in [0.15, 0.2) is 30.6 Å². The fraction of sp³-hybridized carbons (Fsp3) is 0.483. The van der Waals surface area contributed by atoms with Crippen LogP contribution in [-0.2, 0) is 5.60 Å². The maximum absolute atomic E-state index is 14.9. The van der Waals surface area contributed by atoms with E-state index in [2.05, 4.69) is 42.4 Å². The molecule has 3 fully saturated rings. The van der Waals surface area contributed by atoms with Gasteiger partial charge in [-0.1, -0.05) is 0 Å². The van der Waals surface area contributed by atoms with Crippen LogP contribution in [0.4, 0.5) is 39.0 Å². The van der Waals surface area contributed by atoms with Crippen molar-refractivity contribution in [3.63, 3.8) is 0 Å². The highest BCUT2D eigenvalue weighted by Crippen LogP contribution is 2.45. The number of anilines is 5. The Labute approximate surface area is 243 Å². The van der Waals surface area contributed by atoms with E-state index in [4.69, 9.17) is 4.74 Å². The summed E-state index contributed by atoms with van der Waals surface area (Å²) in [5.74, 6) is 0.907. The Morgan fingerprint density at radius 1 is 1.10 bits per heavy atom. The lowest BCUT2D eigenvalue weighted by Crippen LogP contribution is -2.34. The van der Waals surface area contributed by atoms with Crippen molar-refractivity contribution in [2.24, 2.45) is 5.92 Å². The molecule has 12 nitrogen and oxygen atoms in total. The number of nitrogens with zero attached hydrogens (tertiary/aromatic N) is 6. The van der Waals surface area contributed by atoms with Crippen LogP contribution in [0, 0.1) is 21.8 Å². The number of rotatable bonds is 9. The van der Waals surface area contributed by atoms with E-state index in [9.17, 15) is 19.6 Å². The fourth-order valence-corrected chi connectivity index (χ4v) is 6.24. The van der Waals surface area contributed by atoms with Crippen LogP contribution in [0.25, 0.3) is 0 Å². The molecule has 2 aliphatic heterocycles. The minimum Gasteiger partial charge on any atom is -0.494 e. The molecule has 2 atom stereocenters. The number of hydrogen-bond donors (Lipinski definition) is 3. The van der Waals surface area contributed by atoms with Crippen molar-refractivity contribution in [3.8, 4) is 5.75 Å². The minimum absolute atomic E-state index is 0.0399. The number of likely N-dealkylation sites (N-methyl/N-ethyl adjacent to an activating group) is 1. The molecule has 1 aliphatic carbocycles. The first-order valence-corrected chi connectivity index (χ1v) is 14.1. The number of fused-ring (bicyclic) bond motifs is 1. The zero-order valence-electron chi connectivity index (χ0n) is 24.1. The van der Waals surface area contributed by atoms with Crippen molar-refractivity contribution in [1.29, 1.82) is 0 Å². The number of aromatic nitrogens is 3. The van der Waals surface area contributed by atoms with Crippen molar-refractivity contribution in [2.45, 2.75) is 50.7 Å². The number of nitrogens with one attached hydrogen (secondary N) is 2. The Morgan fingerprint density at radius 2 is 1.81 bits per heavy atom. The Bertz CT molecular complexity index is 1530. The second kappa shape index (κ2) is 10.6. The summed E-state index contributed by atoms with van der Waals surface area (Å²) in [5, 5.41) is 29.0. The molecule has 0 spiro atoms. The maximum Gasteiger partial charge on any atom is 0.294 e. The lowest BCUT2D eigenvalue weighted by Gasteiger charge is -2.27. The first kappa shape index (κ1) is 28.0. The van der Waals surface area contributed by atoms with Crippen LogP contribution < -0.4 is 20.3 Å². The minimum atomic E-state index is -1.24. The van der Waals surface area contributed by atoms with Gasteiger partial charge in [0.15, 0.2) is 0 Å². The van der Waals surface area contributed by atoms with Crippen molar-refractivity contribution in [3.05, 3.63) is 57.7 Å². The third kappa shape index (κ3) is 5.41. The van der Waals surface area contributed by atoms with E-state index in [0.29, 0.717) is 39.9 Å². The third-order valence-corrected chi connectivity index (χ3v) is 8.41. The van der Waals surface area contributed by atoms with E-state index in [1.54, 1.807) is 26.0 Å². The summed E-state index contributed by atoms with van der Waals surface area (Å²) in [6.45, 7) is 5.86. The van der Waals surface area contributed by atoms with Crippen molar-refractivity contribution in [2.75, 3.05) is 49.3 Å². The van der Waals surface area contributed by atoms with E-state index in [-0.39, 0.29) is 40.3 Å². The number of benzene rings is 2. The van der Waals surface area contributed by atoms with E-state index in [1.165, 1.54) is 25.6 Å². The molecule has 1 saturated carbocycles. The van der Waals surface area contributed by atoms with Gasteiger partial charge in [-0.25, -0.2) is 14.4 Å². The summed E-state index contributed by atoms with van der Waals surface area (Å²) in [6.07, 6.45) is 4.11. The molecule has 2 aromatic carbocycles. The first-order valence-electron chi connectivity index (χ1n) is 14.1. The van der Waals surface area contributed by atoms with Gasteiger partial charge in [-0.05, 0) is 69.7 Å². The molecule has 13 heteroatoms. The van der Waals surface area contributed by atoms with Gasteiger partial charge in [0, 0.05) is 49.1 Å². The van der Waals surface area contributed by atoms with Gasteiger partial charge in [0.2, 0.25) is 11.9 Å². The molecule has 6 rings (SSSR count). The van der Waals surface area contributed by atoms with Crippen LogP contribution >= 0.6 is 0 Å². The number of nitro groups is 1. The molecule has 0 amide bonds. The van der Waals surface area contributed by atoms with Crippen LogP contribution in [-0.4, -0.2) is 69.7 Å². The van der Waals surface area contributed by atoms with E-state index >= 15 is 0 Å². The highest BCUT2D eigenvalue weighted by molar-refractivity contribution is 5.77. The Hall–Kier alpha value is -4.10. The SMILES string of the molecule is COc1cc(N2CC[C@@H]3CN(C)C[C@@H]32)c([N+](=O)[O-])cc1Nc1ncnc(Nc2cc(F)c(C3CC3)cc2C(C)(C)O)n1. The molecule has 3 aromatic rings. The van der Waals surface area contributed by atoms with E-state index < -0.39 is 5.60 Å². The zero-order chi connectivity index (χ0) is 29.8. The lowest BCUT2D eigenvalue weighted by molar-refractivity contribution is -0.384. The van der Waals surface area contributed by atoms with Crippen LogP contribution in [0.2, 0.25) is 0 Å². The highest BCUT2D eigenvalue weighted by atomic mass is 19.1. The van der Waals surface area contributed by atoms with E-state index in [0.717, 1.165) is 38.9 Å². The van der Waals surface area contributed by atoms with Gasteiger partial charge in [0.25, 0.3) is 5.69 Å². The number of methoxy groups -OCH3 is 1. The first-order chi connectivity index (χ1) is 20.0. The topological polar surface area (TPSA) is 142 Å². The fourth-order valence-electron chi connectivity index (χ4n) is 6.24. The normalized spacial score (nSPS) is 20.5. The summed E-state index contributed by atoms with van der Waals surface area (Å²) in [7, 11) is 3.58. The maximum atomic E-state index is 14.9. The predicted molar refractivity (Wildman–Crippen MR) is 156 cm³/mol. The molecule has 3 heterocycles. The molecular formula is C29H35FN8O4. The average Bonchev–Trinajstić information content (AvgIpc) is 3.60. The Kier molecular flexibility index (Phi) is 7.09. The van der Waals surface area contributed by atoms with Crippen LogP contribution in [0.5, 0.6) is 5.75 Å². The molecule has 222 valence electrons. The van der Waals surface area contributed by atoms with Gasteiger partial charge in [-0.15, -0.1) is 0 Å². The second-order valence-electron chi connectivity index (χ2n) is 12.0. The van der Waals surface area contributed by atoms with Gasteiger partial charge < -0.3 is 30.3 Å². The van der Waals surface area contributed by atoms with Crippen LogP contribution in [0.3, 0.4) is 0 Å². The largest absolute Gasteiger partial charge is 0.494 e. The number of nitro benzene ring substituents is 1. The molecule has 1 aromatic heterocycles. The Morgan fingerprint density at radius 3 is 2.45 bits per heavy atom. The standard InChI is InChI=1S/C29H35FN8O4/c1-29(2,39)19-9-18(16-5-6-16)20(30)10-21(19)33-27-31-15-32-28(35-27)34-22-11-24(38(40)41)23(12-26(22)42-4)37-8-7-17-13-36(3)14-25(17)37/h9-12,15-17,25,39H,5-8,13-14H2,1-4H3,(H2,31,32,33,34,35)/t17-,25+/m1/s1. The Balaban J connectivity index is 1.29. The van der Waals surface area contributed by atoms with Crippen molar-refractivity contribution < 1.29 is 19.2 Å². The lowest BCUT2D eigenvalue weighted by atomic mass is 9.93. The van der Waals surface area contributed by atoms with Crippen LogP contribution in [0.1, 0.15) is 50.2 Å². The summed E-state index contributed by atoms with van der Waals surface area (Å²) in [6, 6.07) is 6.41. The molecule has 0 radical (unpaired) electrons. The molecule has 3 N–H and O–H groups in total. The smallest absolute Gasteiger partial charge is 0.294 e. The summed E-state index contributed by atoms with van der Waals surface area (Å²) in [4.78, 5) is 28.9. The highest BCUT2D eigenvalue weighted by Gasteiger charge is 2.42. The summed E-state index contributed by atoms with van der Waals surface area (Å²) in [5.41, 5.74) is 1.01. The molecule has 0 unspecified atom stereocenters. The molecule has 42 heavy (non-hydrogen) atoms. The molecule has 2 saturated heterocycles. The quantitative estimate of drug-likeness (QED) is 0.241. The molecule has 3 aliphatic rings. The third-order valence-electron chi connectivity index (χ3n) is 8.41. The van der Waals surface area contributed by atoms with Gasteiger partial charge in [0.1, 0.15) is 23.6 Å². The number of ether oxygens (including phenoxy) is 1. The molecular weight excluding hydrogens is 543 g/mol. The number of likely N-dealkylation sites (tertiary alicyclic amines) is 1. The summed E-state index contributed by atoms with van der Waals surface area (Å²) < 4.78 is 20.6. The summed E-state index contributed by atoms with van der Waals surface area (Å²) >= 11 is 0. The predicted octanol–water partition coefficient (Wildman–Crippen LogP) is 4.66. The number of hydrogen-bond acceptors (Lipinski definition) is 11.